The second-order valence-corrected chi connectivity index (χ2v) is 3.75. The van der Waals surface area contributed by atoms with Gasteiger partial charge in [-0.2, -0.15) is 4.80 Å². The minimum absolute atomic E-state index is 0.554. The summed E-state index contributed by atoms with van der Waals surface area (Å²) in [5.41, 5.74) is 0. The van der Waals surface area contributed by atoms with Gasteiger partial charge in [-0.05, 0) is 31.5 Å². The lowest BCUT2D eigenvalue weighted by Crippen LogP contribution is -2.35. The molecule has 0 spiro atoms. The molecule has 5 nitrogen and oxygen atoms in total. The average Bonchev–Trinajstić information content (AvgIpc) is 2.67. The maximum absolute atomic E-state index is 4.28. The molecule has 0 aromatic carbocycles. The molecule has 1 unspecified atom stereocenters. The standard InChI is InChI=1S/C9H17N5/c1-2-14-12-9(11-13-14)7-8-5-3-4-6-10-8/h8,10H,2-7H2,1H3. The molecule has 1 aromatic heterocycles. The number of nitrogens with zero attached hydrogens (tertiary/aromatic N) is 4. The lowest BCUT2D eigenvalue weighted by Gasteiger charge is -2.21. The summed E-state index contributed by atoms with van der Waals surface area (Å²) in [6.45, 7) is 3.95. The maximum atomic E-state index is 4.28. The van der Waals surface area contributed by atoms with Crippen LogP contribution in [-0.2, 0) is 13.0 Å². The SMILES string of the molecule is CCn1nnc(CC2CCCCN2)n1. The third-order valence-corrected chi connectivity index (χ3v) is 2.62. The largest absolute Gasteiger partial charge is 0.314 e. The molecular weight excluding hydrogens is 178 g/mol. The van der Waals surface area contributed by atoms with Crippen LogP contribution < -0.4 is 5.32 Å². The van der Waals surface area contributed by atoms with Crippen molar-refractivity contribution >= 4 is 0 Å². The van der Waals surface area contributed by atoms with E-state index in [1.54, 1.807) is 4.80 Å². The van der Waals surface area contributed by atoms with Gasteiger partial charge in [-0.3, -0.25) is 0 Å². The molecule has 0 amide bonds. The Morgan fingerprint density at radius 3 is 3.07 bits per heavy atom. The molecule has 1 aliphatic rings. The van der Waals surface area contributed by atoms with Crippen molar-refractivity contribution in [3.63, 3.8) is 0 Å². The lowest BCUT2D eigenvalue weighted by atomic mass is 10.0. The second-order valence-electron chi connectivity index (χ2n) is 3.75. The van der Waals surface area contributed by atoms with Gasteiger partial charge in [0.25, 0.3) is 0 Å². The number of rotatable bonds is 3. The van der Waals surface area contributed by atoms with Crippen LogP contribution in [0.1, 0.15) is 32.0 Å². The van der Waals surface area contributed by atoms with Crippen molar-refractivity contribution in [3.05, 3.63) is 5.82 Å². The number of hydrogen-bond acceptors (Lipinski definition) is 4. The van der Waals surface area contributed by atoms with Crippen molar-refractivity contribution in [1.29, 1.82) is 0 Å². The molecule has 5 heteroatoms. The van der Waals surface area contributed by atoms with Crippen molar-refractivity contribution < 1.29 is 0 Å². The molecule has 0 saturated carbocycles. The summed E-state index contributed by atoms with van der Waals surface area (Å²) in [5, 5.41) is 15.7. The van der Waals surface area contributed by atoms with Crippen LogP contribution in [0.4, 0.5) is 0 Å². The van der Waals surface area contributed by atoms with Gasteiger partial charge in [0.1, 0.15) is 0 Å². The third-order valence-electron chi connectivity index (χ3n) is 2.62. The molecule has 1 saturated heterocycles. The first kappa shape index (κ1) is 9.58. The van der Waals surface area contributed by atoms with Gasteiger partial charge in [0.2, 0.25) is 0 Å². The third kappa shape index (κ3) is 2.29. The molecule has 1 atom stereocenters. The molecular formula is C9H17N5. The molecule has 1 aromatic rings. The van der Waals surface area contributed by atoms with Gasteiger partial charge >= 0.3 is 0 Å². The van der Waals surface area contributed by atoms with Crippen LogP contribution in [0.25, 0.3) is 0 Å². The summed E-state index contributed by atoms with van der Waals surface area (Å²) in [5.74, 6) is 0.867. The Kier molecular flexibility index (Phi) is 3.08. The van der Waals surface area contributed by atoms with Crippen molar-refractivity contribution in [1.82, 2.24) is 25.5 Å². The molecule has 1 N–H and O–H groups in total. The summed E-state index contributed by atoms with van der Waals surface area (Å²) < 4.78 is 0. The summed E-state index contributed by atoms with van der Waals surface area (Å²) in [6.07, 6.45) is 4.77. The van der Waals surface area contributed by atoms with E-state index in [9.17, 15) is 0 Å². The zero-order valence-electron chi connectivity index (χ0n) is 8.61. The highest BCUT2D eigenvalue weighted by Crippen LogP contribution is 2.09. The van der Waals surface area contributed by atoms with E-state index in [2.05, 4.69) is 20.7 Å². The average molecular weight is 195 g/mol. The first-order valence-corrected chi connectivity index (χ1v) is 5.38. The van der Waals surface area contributed by atoms with Crippen LogP contribution in [0.2, 0.25) is 0 Å². The summed E-state index contributed by atoms with van der Waals surface area (Å²) in [7, 11) is 0. The van der Waals surface area contributed by atoms with Crippen LogP contribution in [0.5, 0.6) is 0 Å². The Morgan fingerprint density at radius 1 is 1.50 bits per heavy atom. The highest BCUT2D eigenvalue weighted by molar-refractivity contribution is 4.86. The fraction of sp³-hybridized carbons (Fsp3) is 0.889. The van der Waals surface area contributed by atoms with Crippen molar-refractivity contribution in [3.8, 4) is 0 Å². The Morgan fingerprint density at radius 2 is 2.43 bits per heavy atom. The Labute approximate surface area is 83.9 Å². The van der Waals surface area contributed by atoms with E-state index in [-0.39, 0.29) is 0 Å². The van der Waals surface area contributed by atoms with Gasteiger partial charge in [-0.1, -0.05) is 6.42 Å². The molecule has 78 valence electrons. The second kappa shape index (κ2) is 4.50. The van der Waals surface area contributed by atoms with E-state index in [0.717, 1.165) is 25.3 Å². The molecule has 0 aliphatic carbocycles. The summed E-state index contributed by atoms with van der Waals surface area (Å²) in [6, 6.07) is 0.554. The van der Waals surface area contributed by atoms with Crippen LogP contribution in [0.3, 0.4) is 0 Å². The Balaban J connectivity index is 1.89. The number of tetrazole rings is 1. The minimum atomic E-state index is 0.554. The van der Waals surface area contributed by atoms with E-state index < -0.39 is 0 Å². The fourth-order valence-corrected chi connectivity index (χ4v) is 1.81. The molecule has 0 bridgehead atoms. The van der Waals surface area contributed by atoms with E-state index in [1.807, 2.05) is 6.92 Å². The smallest absolute Gasteiger partial charge is 0.176 e. The van der Waals surface area contributed by atoms with Crippen molar-refractivity contribution in [2.45, 2.75) is 45.2 Å². The number of aryl methyl sites for hydroxylation is 1. The van der Waals surface area contributed by atoms with Crippen LogP contribution in [-0.4, -0.2) is 32.8 Å². The van der Waals surface area contributed by atoms with E-state index in [1.165, 1.54) is 19.3 Å². The highest BCUT2D eigenvalue weighted by atomic mass is 15.6. The topological polar surface area (TPSA) is 55.6 Å². The first-order chi connectivity index (χ1) is 6.88. The van der Waals surface area contributed by atoms with Gasteiger partial charge in [0.15, 0.2) is 5.82 Å². The van der Waals surface area contributed by atoms with E-state index in [4.69, 9.17) is 0 Å². The number of nitrogens with one attached hydrogen (secondary N) is 1. The number of aromatic nitrogens is 4. The van der Waals surface area contributed by atoms with Gasteiger partial charge in [0.05, 0.1) is 6.54 Å². The van der Waals surface area contributed by atoms with Gasteiger partial charge in [0, 0.05) is 12.5 Å². The normalized spacial score (nSPS) is 22.5. The Hall–Kier alpha value is -0.970. The van der Waals surface area contributed by atoms with Crippen LogP contribution in [0, 0.1) is 0 Å². The zero-order valence-corrected chi connectivity index (χ0v) is 8.61. The predicted molar refractivity (Wildman–Crippen MR) is 52.8 cm³/mol. The number of hydrogen-bond donors (Lipinski definition) is 1. The predicted octanol–water partition coefficient (Wildman–Crippen LogP) is 0.378. The van der Waals surface area contributed by atoms with Gasteiger partial charge in [-0.25, -0.2) is 0 Å². The monoisotopic (exact) mass is 195 g/mol. The number of piperidine rings is 1. The molecule has 1 fully saturated rings. The summed E-state index contributed by atoms with van der Waals surface area (Å²) in [4.78, 5) is 1.64. The first-order valence-electron chi connectivity index (χ1n) is 5.38. The molecule has 2 rings (SSSR count). The fourth-order valence-electron chi connectivity index (χ4n) is 1.81. The zero-order chi connectivity index (χ0) is 9.80. The van der Waals surface area contributed by atoms with Crippen molar-refractivity contribution in [2.24, 2.45) is 0 Å². The molecule has 1 aliphatic heterocycles. The van der Waals surface area contributed by atoms with E-state index in [0.29, 0.717) is 6.04 Å². The molecule has 0 radical (unpaired) electrons. The quantitative estimate of drug-likeness (QED) is 0.757. The van der Waals surface area contributed by atoms with E-state index >= 15 is 0 Å². The summed E-state index contributed by atoms with van der Waals surface area (Å²) >= 11 is 0. The van der Waals surface area contributed by atoms with Crippen molar-refractivity contribution in [2.75, 3.05) is 6.54 Å². The minimum Gasteiger partial charge on any atom is -0.314 e. The highest BCUT2D eigenvalue weighted by Gasteiger charge is 2.15. The van der Waals surface area contributed by atoms with Crippen LogP contribution >= 0.6 is 0 Å². The lowest BCUT2D eigenvalue weighted by molar-refractivity contribution is 0.393. The van der Waals surface area contributed by atoms with Gasteiger partial charge in [-0.15, -0.1) is 10.2 Å². The maximum Gasteiger partial charge on any atom is 0.176 e. The van der Waals surface area contributed by atoms with Gasteiger partial charge < -0.3 is 5.32 Å². The van der Waals surface area contributed by atoms with Crippen LogP contribution in [0.15, 0.2) is 0 Å². The molecule has 2 heterocycles. The Bertz CT molecular complexity index is 276. The molecule has 14 heavy (non-hydrogen) atoms.